The van der Waals surface area contributed by atoms with Crippen LogP contribution >= 0.6 is 0 Å². The summed E-state index contributed by atoms with van der Waals surface area (Å²) in [6, 6.07) is 7.64. The lowest BCUT2D eigenvalue weighted by molar-refractivity contribution is -0.157. The summed E-state index contributed by atoms with van der Waals surface area (Å²) in [7, 11) is -3.95. The number of sulfone groups is 1. The van der Waals surface area contributed by atoms with E-state index >= 15 is 0 Å². The van der Waals surface area contributed by atoms with Crippen LogP contribution < -0.4 is 0 Å². The van der Waals surface area contributed by atoms with Crippen molar-refractivity contribution in [1.29, 1.82) is 0 Å². The van der Waals surface area contributed by atoms with E-state index in [-0.39, 0.29) is 9.80 Å². The minimum atomic E-state index is -3.95. The van der Waals surface area contributed by atoms with Gasteiger partial charge in [0.25, 0.3) is 0 Å². The SMILES string of the molecule is CC(=O)OC1(C)C=CC=C(S(=O)(=O)c2ccccc2)C1=O. The number of hydrogen-bond acceptors (Lipinski definition) is 5. The van der Waals surface area contributed by atoms with E-state index in [4.69, 9.17) is 4.74 Å². The molecule has 1 unspecified atom stereocenters. The van der Waals surface area contributed by atoms with E-state index in [1.807, 2.05) is 0 Å². The van der Waals surface area contributed by atoms with Gasteiger partial charge >= 0.3 is 5.97 Å². The van der Waals surface area contributed by atoms with Crippen LogP contribution in [0, 0.1) is 0 Å². The molecule has 0 saturated heterocycles. The monoisotopic (exact) mass is 306 g/mol. The van der Waals surface area contributed by atoms with Gasteiger partial charge in [0.2, 0.25) is 15.6 Å². The Bertz CT molecular complexity index is 744. The average molecular weight is 306 g/mol. The molecule has 1 aliphatic carbocycles. The largest absolute Gasteiger partial charge is 0.447 e. The highest BCUT2D eigenvalue weighted by molar-refractivity contribution is 7.96. The molecule has 1 aromatic carbocycles. The number of hydrogen-bond donors (Lipinski definition) is 0. The van der Waals surface area contributed by atoms with Crippen molar-refractivity contribution in [3.63, 3.8) is 0 Å². The number of esters is 1. The average Bonchev–Trinajstić information content (AvgIpc) is 2.42. The van der Waals surface area contributed by atoms with Gasteiger partial charge in [-0.1, -0.05) is 24.3 Å². The molecule has 0 bridgehead atoms. The number of benzene rings is 1. The molecule has 110 valence electrons. The molecule has 0 aromatic heterocycles. The van der Waals surface area contributed by atoms with E-state index in [1.54, 1.807) is 18.2 Å². The van der Waals surface area contributed by atoms with Crippen LogP contribution in [-0.4, -0.2) is 25.8 Å². The van der Waals surface area contributed by atoms with Crippen LogP contribution in [0.25, 0.3) is 0 Å². The summed E-state index contributed by atoms with van der Waals surface area (Å²) in [5, 5.41) is 0. The van der Waals surface area contributed by atoms with E-state index in [0.717, 1.165) is 6.92 Å². The van der Waals surface area contributed by atoms with E-state index < -0.39 is 27.2 Å². The highest BCUT2D eigenvalue weighted by atomic mass is 32.2. The summed E-state index contributed by atoms with van der Waals surface area (Å²) in [4.78, 5) is 23.2. The first-order chi connectivity index (χ1) is 9.77. The van der Waals surface area contributed by atoms with Crippen molar-refractivity contribution in [3.8, 4) is 0 Å². The highest BCUT2D eigenvalue weighted by Gasteiger charge is 2.42. The van der Waals surface area contributed by atoms with Crippen molar-refractivity contribution < 1.29 is 22.7 Å². The Kier molecular flexibility index (Phi) is 3.82. The normalized spacial score (nSPS) is 21.8. The van der Waals surface area contributed by atoms with Crippen LogP contribution in [0.2, 0.25) is 0 Å². The third kappa shape index (κ3) is 2.80. The Morgan fingerprint density at radius 2 is 1.81 bits per heavy atom. The fourth-order valence-electron chi connectivity index (χ4n) is 2.03. The molecule has 0 amide bonds. The lowest BCUT2D eigenvalue weighted by Crippen LogP contribution is -2.41. The second-order valence-electron chi connectivity index (χ2n) is 4.74. The van der Waals surface area contributed by atoms with Crippen molar-refractivity contribution in [3.05, 3.63) is 53.5 Å². The molecular weight excluding hydrogens is 292 g/mol. The standard InChI is InChI=1S/C15H14O5S/c1-11(16)20-15(2)10-6-9-13(14(15)17)21(18,19)12-7-4-3-5-8-12/h3-10H,1-2H3. The van der Waals surface area contributed by atoms with Crippen molar-refractivity contribution in [2.45, 2.75) is 24.3 Å². The molecule has 0 N–H and O–H groups in total. The van der Waals surface area contributed by atoms with Crippen LogP contribution in [-0.2, 0) is 24.2 Å². The maximum Gasteiger partial charge on any atom is 0.303 e. The summed E-state index contributed by atoms with van der Waals surface area (Å²) < 4.78 is 30.0. The second-order valence-corrected chi connectivity index (χ2v) is 6.65. The third-order valence-corrected chi connectivity index (χ3v) is 4.83. The number of allylic oxidation sites excluding steroid dienone is 2. The van der Waals surface area contributed by atoms with E-state index in [2.05, 4.69) is 0 Å². The molecule has 2 rings (SSSR count). The number of carbonyl (C=O) groups is 2. The molecule has 1 atom stereocenters. The topological polar surface area (TPSA) is 77.5 Å². The number of rotatable bonds is 3. The van der Waals surface area contributed by atoms with Crippen molar-refractivity contribution in [2.75, 3.05) is 0 Å². The molecule has 0 aliphatic heterocycles. The van der Waals surface area contributed by atoms with Gasteiger partial charge in [-0.15, -0.1) is 0 Å². The minimum absolute atomic E-state index is 0.0186. The predicted octanol–water partition coefficient (Wildman–Crippen LogP) is 1.80. The first-order valence-corrected chi connectivity index (χ1v) is 7.70. The molecule has 0 fully saturated rings. The number of ketones is 1. The number of ether oxygens (including phenoxy) is 1. The number of Topliss-reactive ketones (excluding diaryl/α,β-unsaturated/α-hetero) is 1. The van der Waals surface area contributed by atoms with Crippen molar-refractivity contribution in [1.82, 2.24) is 0 Å². The molecule has 1 aliphatic rings. The third-order valence-electron chi connectivity index (χ3n) is 3.04. The summed E-state index contributed by atoms with van der Waals surface area (Å²) in [6.45, 7) is 2.52. The molecule has 0 radical (unpaired) electrons. The Morgan fingerprint density at radius 1 is 1.19 bits per heavy atom. The van der Waals surface area contributed by atoms with Crippen LogP contribution in [0.1, 0.15) is 13.8 Å². The molecule has 0 heterocycles. The Balaban J connectivity index is 2.46. The smallest absolute Gasteiger partial charge is 0.303 e. The highest BCUT2D eigenvalue weighted by Crippen LogP contribution is 2.29. The molecule has 21 heavy (non-hydrogen) atoms. The summed E-state index contributed by atoms with van der Waals surface area (Å²) in [6.07, 6.45) is 3.98. The van der Waals surface area contributed by atoms with Gasteiger partial charge in [-0.2, -0.15) is 0 Å². The quantitative estimate of drug-likeness (QED) is 0.796. The molecule has 6 heteroatoms. The van der Waals surface area contributed by atoms with Gasteiger partial charge in [0.05, 0.1) is 4.90 Å². The zero-order chi connectivity index (χ0) is 15.7. The predicted molar refractivity (Wildman–Crippen MR) is 76.0 cm³/mol. The maximum absolute atomic E-state index is 12.5. The zero-order valence-electron chi connectivity index (χ0n) is 11.6. The summed E-state index contributed by atoms with van der Waals surface area (Å²) in [5.74, 6) is -1.42. The van der Waals surface area contributed by atoms with Gasteiger partial charge < -0.3 is 4.74 Å². The first kappa shape index (κ1) is 15.2. The van der Waals surface area contributed by atoms with Gasteiger partial charge in [-0.25, -0.2) is 8.42 Å². The van der Waals surface area contributed by atoms with Gasteiger partial charge in [-0.05, 0) is 31.2 Å². The fraction of sp³-hybridized carbons (Fsp3) is 0.200. The molecular formula is C15H14O5S. The van der Waals surface area contributed by atoms with Gasteiger partial charge in [-0.3, -0.25) is 9.59 Å². The Morgan fingerprint density at radius 3 is 2.38 bits per heavy atom. The summed E-state index contributed by atoms with van der Waals surface area (Å²) in [5.41, 5.74) is -1.60. The zero-order valence-corrected chi connectivity index (χ0v) is 12.4. The van der Waals surface area contributed by atoms with E-state index in [0.29, 0.717) is 0 Å². The Hall–Kier alpha value is -2.21. The van der Waals surface area contributed by atoms with Gasteiger partial charge in [0.15, 0.2) is 5.60 Å². The number of carbonyl (C=O) groups excluding carboxylic acids is 2. The molecule has 1 aromatic rings. The second kappa shape index (κ2) is 5.29. The lowest BCUT2D eigenvalue weighted by Gasteiger charge is -2.27. The lowest BCUT2D eigenvalue weighted by atomic mass is 9.96. The maximum atomic E-state index is 12.5. The van der Waals surface area contributed by atoms with Gasteiger partial charge in [0.1, 0.15) is 4.91 Å². The first-order valence-electron chi connectivity index (χ1n) is 6.21. The minimum Gasteiger partial charge on any atom is -0.447 e. The van der Waals surface area contributed by atoms with Crippen LogP contribution in [0.4, 0.5) is 0 Å². The van der Waals surface area contributed by atoms with Crippen molar-refractivity contribution in [2.24, 2.45) is 0 Å². The Labute approximate surface area is 122 Å². The molecule has 0 saturated carbocycles. The van der Waals surface area contributed by atoms with E-state index in [1.165, 1.54) is 37.3 Å². The van der Waals surface area contributed by atoms with E-state index in [9.17, 15) is 18.0 Å². The van der Waals surface area contributed by atoms with Crippen LogP contribution in [0.5, 0.6) is 0 Å². The fourth-order valence-corrected chi connectivity index (χ4v) is 3.51. The molecule has 5 nitrogen and oxygen atoms in total. The summed E-state index contributed by atoms with van der Waals surface area (Å²) >= 11 is 0. The van der Waals surface area contributed by atoms with Crippen molar-refractivity contribution >= 4 is 21.6 Å². The van der Waals surface area contributed by atoms with Crippen LogP contribution in [0.3, 0.4) is 0 Å². The van der Waals surface area contributed by atoms with Crippen LogP contribution in [0.15, 0.2) is 58.4 Å². The molecule has 0 spiro atoms. The van der Waals surface area contributed by atoms with Gasteiger partial charge in [0, 0.05) is 6.92 Å².